The molecule has 0 saturated carbocycles. The van der Waals surface area contributed by atoms with Crippen LogP contribution in [0.25, 0.3) is 0 Å². The predicted octanol–water partition coefficient (Wildman–Crippen LogP) is 0.441. The number of esters is 1. The summed E-state index contributed by atoms with van der Waals surface area (Å²) in [6, 6.07) is 0. The molecular formula is C18H36N4O2. The van der Waals surface area contributed by atoms with Crippen molar-refractivity contribution in [1.82, 2.24) is 19.6 Å². The van der Waals surface area contributed by atoms with Crippen LogP contribution in [0, 0.1) is 5.92 Å². The minimum absolute atomic E-state index is 0.00305. The molecule has 0 aliphatic carbocycles. The Kier molecular flexibility index (Phi) is 8.45. The van der Waals surface area contributed by atoms with Crippen LogP contribution in [0.2, 0.25) is 0 Å². The lowest BCUT2D eigenvalue weighted by Crippen LogP contribution is -2.50. The number of piperazine rings is 1. The molecule has 0 aromatic carbocycles. The van der Waals surface area contributed by atoms with E-state index in [1.165, 1.54) is 32.7 Å². The molecule has 24 heavy (non-hydrogen) atoms. The highest BCUT2D eigenvalue weighted by Crippen LogP contribution is 2.17. The Morgan fingerprint density at radius 2 is 1.62 bits per heavy atom. The van der Waals surface area contributed by atoms with Crippen molar-refractivity contribution in [2.45, 2.75) is 19.8 Å². The van der Waals surface area contributed by atoms with E-state index >= 15 is 0 Å². The lowest BCUT2D eigenvalue weighted by Gasteiger charge is -2.37. The Morgan fingerprint density at radius 1 is 1.00 bits per heavy atom. The maximum absolute atomic E-state index is 11.9. The van der Waals surface area contributed by atoms with Gasteiger partial charge in [-0.3, -0.25) is 14.6 Å². The molecule has 6 heteroatoms. The van der Waals surface area contributed by atoms with Crippen molar-refractivity contribution in [2.24, 2.45) is 5.92 Å². The van der Waals surface area contributed by atoms with Gasteiger partial charge in [-0.25, -0.2) is 0 Å². The summed E-state index contributed by atoms with van der Waals surface area (Å²) in [6.07, 6.45) is 2.10. The standard InChI is InChI=1S/C18H36N4O2/c1-4-24-18(23)17-6-5-7-22(16-17)15-14-21-12-10-20(11-13-21)9-8-19(2)3/h17H,4-16H2,1-3H3. The van der Waals surface area contributed by atoms with E-state index in [0.29, 0.717) is 6.61 Å². The van der Waals surface area contributed by atoms with Gasteiger partial charge in [0.2, 0.25) is 0 Å². The lowest BCUT2D eigenvalue weighted by atomic mass is 9.98. The number of likely N-dealkylation sites (N-methyl/N-ethyl adjacent to an activating group) is 1. The number of hydrogen-bond acceptors (Lipinski definition) is 6. The van der Waals surface area contributed by atoms with Crippen LogP contribution >= 0.6 is 0 Å². The van der Waals surface area contributed by atoms with Crippen molar-refractivity contribution >= 4 is 5.97 Å². The van der Waals surface area contributed by atoms with Crippen molar-refractivity contribution in [3.63, 3.8) is 0 Å². The molecule has 1 unspecified atom stereocenters. The van der Waals surface area contributed by atoms with Crippen LogP contribution in [0.1, 0.15) is 19.8 Å². The summed E-state index contributed by atoms with van der Waals surface area (Å²) in [6.45, 7) is 13.6. The summed E-state index contributed by atoms with van der Waals surface area (Å²) in [5, 5.41) is 0. The second-order valence-corrected chi connectivity index (χ2v) is 7.38. The number of ether oxygens (including phenoxy) is 1. The topological polar surface area (TPSA) is 39.3 Å². The number of likely N-dealkylation sites (tertiary alicyclic amines) is 1. The van der Waals surface area contributed by atoms with E-state index in [1.54, 1.807) is 0 Å². The smallest absolute Gasteiger partial charge is 0.310 e. The minimum Gasteiger partial charge on any atom is -0.466 e. The molecule has 6 nitrogen and oxygen atoms in total. The fourth-order valence-corrected chi connectivity index (χ4v) is 3.57. The van der Waals surface area contributed by atoms with Gasteiger partial charge in [-0.05, 0) is 40.4 Å². The highest BCUT2D eigenvalue weighted by Gasteiger charge is 2.27. The number of rotatable bonds is 8. The highest BCUT2D eigenvalue weighted by atomic mass is 16.5. The first-order valence-corrected chi connectivity index (χ1v) is 9.57. The van der Waals surface area contributed by atoms with Gasteiger partial charge in [0.15, 0.2) is 0 Å². The van der Waals surface area contributed by atoms with Gasteiger partial charge in [0, 0.05) is 58.9 Å². The van der Waals surface area contributed by atoms with E-state index in [4.69, 9.17) is 4.74 Å². The van der Waals surface area contributed by atoms with Gasteiger partial charge in [-0.1, -0.05) is 0 Å². The van der Waals surface area contributed by atoms with Gasteiger partial charge < -0.3 is 14.5 Å². The van der Waals surface area contributed by atoms with Crippen molar-refractivity contribution in [3.8, 4) is 0 Å². The van der Waals surface area contributed by atoms with Crippen molar-refractivity contribution in [3.05, 3.63) is 0 Å². The largest absolute Gasteiger partial charge is 0.466 e. The second-order valence-electron chi connectivity index (χ2n) is 7.38. The molecule has 2 aliphatic rings. The van der Waals surface area contributed by atoms with Crippen LogP contribution in [0.3, 0.4) is 0 Å². The Bertz CT molecular complexity index is 370. The van der Waals surface area contributed by atoms with Gasteiger partial charge in [0.25, 0.3) is 0 Å². The molecule has 1 atom stereocenters. The molecule has 2 saturated heterocycles. The maximum Gasteiger partial charge on any atom is 0.310 e. The minimum atomic E-state index is -0.00305. The first-order chi connectivity index (χ1) is 11.6. The van der Waals surface area contributed by atoms with Crippen molar-refractivity contribution < 1.29 is 9.53 Å². The molecule has 0 bridgehead atoms. The molecule has 140 valence electrons. The SMILES string of the molecule is CCOC(=O)C1CCCN(CCN2CCN(CCN(C)C)CC2)C1. The number of piperidine rings is 1. The molecular weight excluding hydrogens is 304 g/mol. The van der Waals surface area contributed by atoms with E-state index < -0.39 is 0 Å². The van der Waals surface area contributed by atoms with Crippen molar-refractivity contribution in [1.29, 1.82) is 0 Å². The summed E-state index contributed by atoms with van der Waals surface area (Å²) < 4.78 is 5.19. The van der Waals surface area contributed by atoms with E-state index in [1.807, 2.05) is 6.92 Å². The fraction of sp³-hybridized carbons (Fsp3) is 0.944. The predicted molar refractivity (Wildman–Crippen MR) is 97.2 cm³/mol. The highest BCUT2D eigenvalue weighted by molar-refractivity contribution is 5.72. The first-order valence-electron chi connectivity index (χ1n) is 9.57. The molecule has 0 aromatic heterocycles. The van der Waals surface area contributed by atoms with Crippen LogP contribution in [-0.2, 0) is 9.53 Å². The molecule has 2 aliphatic heterocycles. The lowest BCUT2D eigenvalue weighted by molar-refractivity contribution is -0.149. The summed E-state index contributed by atoms with van der Waals surface area (Å²) >= 11 is 0. The molecule has 2 rings (SSSR count). The Labute approximate surface area is 147 Å². The number of carbonyl (C=O) groups is 1. The summed E-state index contributed by atoms with van der Waals surface area (Å²) in [5.41, 5.74) is 0. The quantitative estimate of drug-likeness (QED) is 0.597. The zero-order valence-corrected chi connectivity index (χ0v) is 15.9. The van der Waals surface area contributed by atoms with Gasteiger partial charge >= 0.3 is 5.97 Å². The van der Waals surface area contributed by atoms with E-state index in [0.717, 1.165) is 45.6 Å². The zero-order chi connectivity index (χ0) is 17.4. The summed E-state index contributed by atoms with van der Waals surface area (Å²) in [7, 11) is 4.27. The third kappa shape index (κ3) is 6.67. The number of nitrogens with zero attached hydrogens (tertiary/aromatic N) is 4. The average molecular weight is 341 g/mol. The van der Waals surface area contributed by atoms with Gasteiger partial charge in [-0.15, -0.1) is 0 Å². The molecule has 2 heterocycles. The van der Waals surface area contributed by atoms with Gasteiger partial charge in [0.1, 0.15) is 0 Å². The Balaban J connectivity index is 1.62. The van der Waals surface area contributed by atoms with Crippen molar-refractivity contribution in [2.75, 3.05) is 86.1 Å². The molecule has 2 fully saturated rings. The van der Waals surface area contributed by atoms with Crippen LogP contribution in [0.5, 0.6) is 0 Å². The van der Waals surface area contributed by atoms with E-state index in [2.05, 4.69) is 33.7 Å². The average Bonchev–Trinajstić information content (AvgIpc) is 2.59. The Morgan fingerprint density at radius 3 is 2.25 bits per heavy atom. The van der Waals surface area contributed by atoms with Gasteiger partial charge in [-0.2, -0.15) is 0 Å². The third-order valence-corrected chi connectivity index (χ3v) is 5.19. The maximum atomic E-state index is 11.9. The summed E-state index contributed by atoms with van der Waals surface area (Å²) in [4.78, 5) is 21.8. The van der Waals surface area contributed by atoms with E-state index in [9.17, 15) is 4.79 Å². The van der Waals surface area contributed by atoms with E-state index in [-0.39, 0.29) is 11.9 Å². The molecule has 0 aromatic rings. The Hall–Kier alpha value is -0.690. The number of hydrogen-bond donors (Lipinski definition) is 0. The van der Waals surface area contributed by atoms with Crippen LogP contribution in [0.15, 0.2) is 0 Å². The molecule has 0 N–H and O–H groups in total. The van der Waals surface area contributed by atoms with Crippen LogP contribution in [0.4, 0.5) is 0 Å². The monoisotopic (exact) mass is 340 g/mol. The molecule has 0 radical (unpaired) electrons. The second kappa shape index (κ2) is 10.3. The number of carbonyl (C=O) groups excluding carboxylic acids is 1. The van der Waals surface area contributed by atoms with Crippen LogP contribution in [-0.4, -0.2) is 112 Å². The van der Waals surface area contributed by atoms with Gasteiger partial charge in [0.05, 0.1) is 12.5 Å². The molecule has 0 amide bonds. The van der Waals surface area contributed by atoms with Crippen LogP contribution < -0.4 is 0 Å². The summed E-state index contributed by atoms with van der Waals surface area (Å²) in [5.74, 6) is 0.0817. The molecule has 0 spiro atoms. The zero-order valence-electron chi connectivity index (χ0n) is 15.9. The fourth-order valence-electron chi connectivity index (χ4n) is 3.57. The third-order valence-electron chi connectivity index (χ3n) is 5.19. The normalized spacial score (nSPS) is 24.4. The first kappa shape index (κ1) is 19.6.